The van der Waals surface area contributed by atoms with Crippen molar-refractivity contribution in [2.24, 2.45) is 0 Å². The highest BCUT2D eigenvalue weighted by Crippen LogP contribution is 2.18. The van der Waals surface area contributed by atoms with E-state index in [9.17, 15) is 0 Å². The van der Waals surface area contributed by atoms with Crippen LogP contribution in [-0.4, -0.2) is 32.8 Å². The molecule has 2 rings (SSSR count). The standard InChI is InChI=1S/C15H22N2O/c1-2-3-4-9-16-14-5-7-15(8-6-14)17-10-12-18-13-11-17/h2,5-8,16H,1,3-4,9-13H2. The average Bonchev–Trinajstić information content (AvgIpc) is 2.45. The molecule has 1 aliphatic rings. The van der Waals surface area contributed by atoms with Gasteiger partial charge in [-0.3, -0.25) is 0 Å². The van der Waals surface area contributed by atoms with E-state index < -0.39 is 0 Å². The van der Waals surface area contributed by atoms with Crippen LogP contribution >= 0.6 is 0 Å². The van der Waals surface area contributed by atoms with Gasteiger partial charge in [0.15, 0.2) is 0 Å². The molecule has 1 aliphatic heterocycles. The van der Waals surface area contributed by atoms with Gasteiger partial charge in [-0.25, -0.2) is 0 Å². The van der Waals surface area contributed by atoms with Crippen molar-refractivity contribution in [3.05, 3.63) is 36.9 Å². The fourth-order valence-electron chi connectivity index (χ4n) is 2.09. The normalized spacial score (nSPS) is 15.4. The Kier molecular flexibility index (Phi) is 5.09. The molecule has 0 saturated carbocycles. The monoisotopic (exact) mass is 246 g/mol. The van der Waals surface area contributed by atoms with Gasteiger partial charge in [0.25, 0.3) is 0 Å². The van der Waals surface area contributed by atoms with E-state index in [1.807, 2.05) is 6.08 Å². The maximum absolute atomic E-state index is 5.36. The summed E-state index contributed by atoms with van der Waals surface area (Å²) in [6, 6.07) is 8.67. The molecule has 1 heterocycles. The van der Waals surface area contributed by atoms with E-state index >= 15 is 0 Å². The summed E-state index contributed by atoms with van der Waals surface area (Å²) in [6.45, 7) is 8.38. The number of anilines is 2. The lowest BCUT2D eigenvalue weighted by molar-refractivity contribution is 0.122. The zero-order valence-electron chi connectivity index (χ0n) is 10.9. The molecule has 1 fully saturated rings. The highest BCUT2D eigenvalue weighted by Gasteiger charge is 2.10. The minimum Gasteiger partial charge on any atom is -0.385 e. The molecular weight excluding hydrogens is 224 g/mol. The van der Waals surface area contributed by atoms with Crippen LogP contribution in [0.4, 0.5) is 11.4 Å². The van der Waals surface area contributed by atoms with Crippen molar-refractivity contribution < 1.29 is 4.74 Å². The van der Waals surface area contributed by atoms with Crippen molar-refractivity contribution in [1.29, 1.82) is 0 Å². The number of nitrogens with one attached hydrogen (secondary N) is 1. The second-order valence-electron chi connectivity index (χ2n) is 4.50. The Morgan fingerprint density at radius 2 is 1.94 bits per heavy atom. The van der Waals surface area contributed by atoms with E-state index in [1.165, 1.54) is 11.4 Å². The van der Waals surface area contributed by atoms with Crippen molar-refractivity contribution in [2.45, 2.75) is 12.8 Å². The van der Waals surface area contributed by atoms with Crippen LogP contribution in [0.2, 0.25) is 0 Å². The number of rotatable bonds is 6. The largest absolute Gasteiger partial charge is 0.385 e. The van der Waals surface area contributed by atoms with Gasteiger partial charge in [0.05, 0.1) is 13.2 Å². The quantitative estimate of drug-likeness (QED) is 0.617. The molecule has 0 aliphatic carbocycles. The topological polar surface area (TPSA) is 24.5 Å². The van der Waals surface area contributed by atoms with E-state index in [4.69, 9.17) is 4.74 Å². The Labute approximate surface area is 109 Å². The van der Waals surface area contributed by atoms with Crippen molar-refractivity contribution in [3.8, 4) is 0 Å². The smallest absolute Gasteiger partial charge is 0.0642 e. The zero-order valence-corrected chi connectivity index (χ0v) is 10.9. The summed E-state index contributed by atoms with van der Waals surface area (Å²) >= 11 is 0. The highest BCUT2D eigenvalue weighted by molar-refractivity contribution is 5.55. The van der Waals surface area contributed by atoms with Crippen LogP contribution in [-0.2, 0) is 4.74 Å². The summed E-state index contributed by atoms with van der Waals surface area (Å²) in [4.78, 5) is 2.37. The third-order valence-electron chi connectivity index (χ3n) is 3.16. The number of morpholine rings is 1. The second-order valence-corrected chi connectivity index (χ2v) is 4.50. The first-order chi connectivity index (χ1) is 8.90. The Balaban J connectivity index is 1.82. The summed E-state index contributed by atoms with van der Waals surface area (Å²) < 4.78 is 5.36. The minimum atomic E-state index is 0.835. The Bertz CT molecular complexity index is 355. The van der Waals surface area contributed by atoms with Gasteiger partial charge in [-0.05, 0) is 37.1 Å². The van der Waals surface area contributed by atoms with E-state index in [-0.39, 0.29) is 0 Å². The number of nitrogens with zero attached hydrogens (tertiary/aromatic N) is 1. The van der Waals surface area contributed by atoms with Crippen LogP contribution in [0.5, 0.6) is 0 Å². The number of allylic oxidation sites excluding steroid dienone is 1. The van der Waals surface area contributed by atoms with Gasteiger partial charge >= 0.3 is 0 Å². The Morgan fingerprint density at radius 1 is 1.22 bits per heavy atom. The molecule has 1 aromatic carbocycles. The SMILES string of the molecule is C=CCCCNc1ccc(N2CCOCC2)cc1. The minimum absolute atomic E-state index is 0.835. The molecule has 1 N–H and O–H groups in total. The van der Waals surface area contributed by atoms with E-state index in [2.05, 4.69) is 41.1 Å². The van der Waals surface area contributed by atoms with E-state index in [0.717, 1.165) is 45.7 Å². The van der Waals surface area contributed by atoms with Crippen molar-refractivity contribution >= 4 is 11.4 Å². The van der Waals surface area contributed by atoms with Crippen LogP contribution in [0.1, 0.15) is 12.8 Å². The number of hydrogen-bond donors (Lipinski definition) is 1. The van der Waals surface area contributed by atoms with E-state index in [0.29, 0.717) is 0 Å². The maximum Gasteiger partial charge on any atom is 0.0642 e. The predicted molar refractivity (Wildman–Crippen MR) is 77.4 cm³/mol. The third-order valence-corrected chi connectivity index (χ3v) is 3.16. The summed E-state index contributed by atoms with van der Waals surface area (Å²) in [5.74, 6) is 0. The van der Waals surface area contributed by atoms with Gasteiger partial charge in [-0.2, -0.15) is 0 Å². The first-order valence-electron chi connectivity index (χ1n) is 6.67. The van der Waals surface area contributed by atoms with Crippen LogP contribution in [0.3, 0.4) is 0 Å². The molecule has 0 radical (unpaired) electrons. The summed E-state index contributed by atoms with van der Waals surface area (Å²) in [5, 5.41) is 3.42. The van der Waals surface area contributed by atoms with Gasteiger partial charge in [-0.1, -0.05) is 6.08 Å². The first kappa shape index (κ1) is 13.0. The number of hydrogen-bond acceptors (Lipinski definition) is 3. The van der Waals surface area contributed by atoms with Crippen LogP contribution < -0.4 is 10.2 Å². The van der Waals surface area contributed by atoms with Crippen LogP contribution in [0.15, 0.2) is 36.9 Å². The van der Waals surface area contributed by atoms with Crippen molar-refractivity contribution in [3.63, 3.8) is 0 Å². The van der Waals surface area contributed by atoms with Crippen LogP contribution in [0, 0.1) is 0 Å². The molecule has 98 valence electrons. The Hall–Kier alpha value is -1.48. The van der Waals surface area contributed by atoms with Crippen molar-refractivity contribution in [2.75, 3.05) is 43.1 Å². The molecule has 0 bridgehead atoms. The van der Waals surface area contributed by atoms with Gasteiger partial charge in [0.1, 0.15) is 0 Å². The summed E-state index contributed by atoms with van der Waals surface area (Å²) in [6.07, 6.45) is 4.16. The molecule has 3 nitrogen and oxygen atoms in total. The highest BCUT2D eigenvalue weighted by atomic mass is 16.5. The average molecular weight is 246 g/mol. The number of ether oxygens (including phenoxy) is 1. The number of benzene rings is 1. The molecule has 1 aromatic rings. The summed E-state index contributed by atoms with van der Waals surface area (Å²) in [5.41, 5.74) is 2.48. The Morgan fingerprint density at radius 3 is 2.61 bits per heavy atom. The first-order valence-corrected chi connectivity index (χ1v) is 6.67. The van der Waals surface area contributed by atoms with Gasteiger partial charge < -0.3 is 15.0 Å². The molecule has 0 unspecified atom stereocenters. The lowest BCUT2D eigenvalue weighted by atomic mass is 10.2. The lowest BCUT2D eigenvalue weighted by Gasteiger charge is -2.28. The lowest BCUT2D eigenvalue weighted by Crippen LogP contribution is -2.36. The maximum atomic E-state index is 5.36. The third kappa shape index (κ3) is 3.77. The van der Waals surface area contributed by atoms with Crippen LogP contribution in [0.25, 0.3) is 0 Å². The molecule has 0 spiro atoms. The molecule has 18 heavy (non-hydrogen) atoms. The second kappa shape index (κ2) is 7.07. The molecule has 0 atom stereocenters. The summed E-state index contributed by atoms with van der Waals surface area (Å²) in [7, 11) is 0. The predicted octanol–water partition coefficient (Wildman–Crippen LogP) is 2.90. The molecule has 0 amide bonds. The van der Waals surface area contributed by atoms with Gasteiger partial charge in [0.2, 0.25) is 0 Å². The fraction of sp³-hybridized carbons (Fsp3) is 0.467. The molecule has 1 saturated heterocycles. The number of unbranched alkanes of at least 4 members (excludes halogenated alkanes) is 1. The molecule has 0 aromatic heterocycles. The van der Waals surface area contributed by atoms with E-state index in [1.54, 1.807) is 0 Å². The molecular formula is C15H22N2O. The van der Waals surface area contributed by atoms with Crippen molar-refractivity contribution in [1.82, 2.24) is 0 Å². The van der Waals surface area contributed by atoms with Gasteiger partial charge in [-0.15, -0.1) is 6.58 Å². The molecule has 3 heteroatoms. The fourth-order valence-corrected chi connectivity index (χ4v) is 2.09. The van der Waals surface area contributed by atoms with Gasteiger partial charge in [0, 0.05) is 31.0 Å². The zero-order chi connectivity index (χ0) is 12.6.